The summed E-state index contributed by atoms with van der Waals surface area (Å²) in [7, 11) is 0. The van der Waals surface area contributed by atoms with Crippen molar-refractivity contribution in [3.8, 4) is 5.75 Å². The Kier molecular flexibility index (Phi) is 3.61. The van der Waals surface area contributed by atoms with Crippen molar-refractivity contribution in [1.82, 2.24) is 0 Å². The molecular weight excluding hydrogens is 184 g/mol. The van der Waals surface area contributed by atoms with E-state index in [0.29, 0.717) is 0 Å². The topological polar surface area (TPSA) is 9.23 Å². The number of alkyl halides is 1. The minimum Gasteiger partial charge on any atom is -0.491 e. The third-order valence-electron chi connectivity index (χ3n) is 1.69. The highest BCUT2D eigenvalue weighted by molar-refractivity contribution is 6.20. The minimum absolute atomic E-state index is 0.0377. The summed E-state index contributed by atoms with van der Waals surface area (Å²) in [6, 6.07) is 7.90. The zero-order valence-corrected chi connectivity index (χ0v) is 9.01. The Bertz CT molecular complexity index is 269. The third-order valence-corrected chi connectivity index (χ3v) is 1.94. The molecule has 1 atom stereocenters. The van der Waals surface area contributed by atoms with Crippen LogP contribution in [0.3, 0.4) is 0 Å². The van der Waals surface area contributed by atoms with Gasteiger partial charge >= 0.3 is 0 Å². The number of ether oxygens (including phenoxy) is 1. The highest BCUT2D eigenvalue weighted by Crippen LogP contribution is 2.23. The van der Waals surface area contributed by atoms with Crippen LogP contribution in [0.2, 0.25) is 0 Å². The predicted octanol–water partition coefficient (Wildman–Crippen LogP) is 3.77. The van der Waals surface area contributed by atoms with Crippen LogP contribution in [0, 0.1) is 0 Å². The second-order valence-corrected chi connectivity index (χ2v) is 4.01. The van der Waals surface area contributed by atoms with E-state index in [2.05, 4.69) is 0 Å². The number of halogens is 1. The number of benzene rings is 1. The molecule has 13 heavy (non-hydrogen) atoms. The van der Waals surface area contributed by atoms with Gasteiger partial charge in [-0.1, -0.05) is 12.1 Å². The van der Waals surface area contributed by atoms with Gasteiger partial charge in [-0.05, 0) is 38.5 Å². The highest BCUT2D eigenvalue weighted by atomic mass is 35.5. The molecule has 0 bridgehead atoms. The van der Waals surface area contributed by atoms with E-state index in [9.17, 15) is 0 Å². The average Bonchev–Trinajstić information content (AvgIpc) is 2.03. The molecule has 0 aliphatic carbocycles. The van der Waals surface area contributed by atoms with Gasteiger partial charge in [0.15, 0.2) is 0 Å². The van der Waals surface area contributed by atoms with E-state index in [0.717, 1.165) is 11.3 Å². The lowest BCUT2D eigenvalue weighted by Crippen LogP contribution is -2.05. The van der Waals surface area contributed by atoms with Crippen LogP contribution in [0.25, 0.3) is 0 Å². The quantitative estimate of drug-likeness (QED) is 0.672. The SMILES string of the molecule is CC(C)Oc1cccc(C(C)Cl)c1. The van der Waals surface area contributed by atoms with Crippen molar-refractivity contribution in [2.75, 3.05) is 0 Å². The third kappa shape index (κ3) is 3.27. The van der Waals surface area contributed by atoms with E-state index in [-0.39, 0.29) is 11.5 Å². The Morgan fingerprint density at radius 1 is 1.23 bits per heavy atom. The molecule has 0 saturated carbocycles. The maximum Gasteiger partial charge on any atom is 0.120 e. The van der Waals surface area contributed by atoms with Crippen LogP contribution in [-0.2, 0) is 0 Å². The molecule has 0 amide bonds. The first-order chi connectivity index (χ1) is 6.09. The summed E-state index contributed by atoms with van der Waals surface area (Å²) >= 11 is 5.96. The van der Waals surface area contributed by atoms with Crippen LogP contribution < -0.4 is 4.74 Å². The molecular formula is C11H15ClO. The first-order valence-electron chi connectivity index (χ1n) is 4.50. The Labute approximate surface area is 84.7 Å². The van der Waals surface area contributed by atoms with Crippen molar-refractivity contribution in [1.29, 1.82) is 0 Å². The second kappa shape index (κ2) is 4.52. The Balaban J connectivity index is 2.79. The van der Waals surface area contributed by atoms with Crippen LogP contribution in [0.15, 0.2) is 24.3 Å². The van der Waals surface area contributed by atoms with Crippen LogP contribution in [0.4, 0.5) is 0 Å². The van der Waals surface area contributed by atoms with Crippen molar-refractivity contribution in [3.63, 3.8) is 0 Å². The number of hydrogen-bond donors (Lipinski definition) is 0. The van der Waals surface area contributed by atoms with Crippen LogP contribution in [-0.4, -0.2) is 6.10 Å². The van der Waals surface area contributed by atoms with E-state index in [1.807, 2.05) is 45.0 Å². The normalized spacial score (nSPS) is 13.0. The second-order valence-electron chi connectivity index (χ2n) is 3.36. The molecule has 0 spiro atoms. The summed E-state index contributed by atoms with van der Waals surface area (Å²) < 4.78 is 5.55. The highest BCUT2D eigenvalue weighted by Gasteiger charge is 2.03. The van der Waals surface area contributed by atoms with Crippen LogP contribution in [0.1, 0.15) is 31.7 Å². The monoisotopic (exact) mass is 198 g/mol. The average molecular weight is 199 g/mol. The molecule has 0 saturated heterocycles. The van der Waals surface area contributed by atoms with Gasteiger partial charge in [-0.3, -0.25) is 0 Å². The summed E-state index contributed by atoms with van der Waals surface area (Å²) in [4.78, 5) is 0. The van der Waals surface area contributed by atoms with Crippen LogP contribution in [0.5, 0.6) is 5.75 Å². The number of rotatable bonds is 3. The summed E-state index contributed by atoms with van der Waals surface area (Å²) in [6.07, 6.45) is 0.209. The molecule has 0 aromatic heterocycles. The fourth-order valence-electron chi connectivity index (χ4n) is 1.11. The van der Waals surface area contributed by atoms with Gasteiger partial charge in [0.1, 0.15) is 5.75 Å². The smallest absolute Gasteiger partial charge is 0.120 e. The van der Waals surface area contributed by atoms with Gasteiger partial charge in [-0.15, -0.1) is 11.6 Å². The van der Waals surface area contributed by atoms with E-state index in [1.165, 1.54) is 0 Å². The fraction of sp³-hybridized carbons (Fsp3) is 0.455. The predicted molar refractivity (Wildman–Crippen MR) is 56.5 cm³/mol. The van der Waals surface area contributed by atoms with Crippen molar-refractivity contribution >= 4 is 11.6 Å². The lowest BCUT2D eigenvalue weighted by atomic mass is 10.1. The standard InChI is InChI=1S/C11H15ClO/c1-8(2)13-11-6-4-5-10(7-11)9(3)12/h4-9H,1-3H3. The van der Waals surface area contributed by atoms with Crippen molar-refractivity contribution in [3.05, 3.63) is 29.8 Å². The minimum atomic E-state index is 0.0377. The van der Waals surface area contributed by atoms with E-state index < -0.39 is 0 Å². The van der Waals surface area contributed by atoms with Gasteiger partial charge in [0.25, 0.3) is 0 Å². The molecule has 72 valence electrons. The lowest BCUT2D eigenvalue weighted by molar-refractivity contribution is 0.242. The molecule has 1 rings (SSSR count). The van der Waals surface area contributed by atoms with Crippen molar-refractivity contribution in [2.24, 2.45) is 0 Å². The number of hydrogen-bond acceptors (Lipinski definition) is 1. The lowest BCUT2D eigenvalue weighted by Gasteiger charge is -2.11. The molecule has 1 aromatic carbocycles. The molecule has 1 nitrogen and oxygen atoms in total. The molecule has 0 radical (unpaired) electrons. The molecule has 1 unspecified atom stereocenters. The van der Waals surface area contributed by atoms with Gasteiger partial charge in [-0.2, -0.15) is 0 Å². The van der Waals surface area contributed by atoms with Crippen molar-refractivity contribution < 1.29 is 4.74 Å². The molecule has 0 aliphatic heterocycles. The zero-order chi connectivity index (χ0) is 9.84. The molecule has 2 heteroatoms. The first kappa shape index (κ1) is 10.4. The summed E-state index contributed by atoms with van der Waals surface area (Å²) in [5.41, 5.74) is 1.10. The molecule has 0 fully saturated rings. The van der Waals surface area contributed by atoms with Crippen LogP contribution >= 0.6 is 11.6 Å². The molecule has 0 heterocycles. The van der Waals surface area contributed by atoms with Gasteiger partial charge in [0.05, 0.1) is 11.5 Å². The first-order valence-corrected chi connectivity index (χ1v) is 4.94. The molecule has 0 aliphatic rings. The van der Waals surface area contributed by atoms with Gasteiger partial charge in [-0.25, -0.2) is 0 Å². The van der Waals surface area contributed by atoms with Gasteiger partial charge in [0, 0.05) is 0 Å². The van der Waals surface area contributed by atoms with E-state index in [1.54, 1.807) is 0 Å². The fourth-order valence-corrected chi connectivity index (χ4v) is 1.24. The Morgan fingerprint density at radius 3 is 2.46 bits per heavy atom. The van der Waals surface area contributed by atoms with E-state index in [4.69, 9.17) is 16.3 Å². The van der Waals surface area contributed by atoms with Gasteiger partial charge < -0.3 is 4.74 Å². The zero-order valence-electron chi connectivity index (χ0n) is 8.25. The summed E-state index contributed by atoms with van der Waals surface area (Å²) in [6.45, 7) is 5.98. The largest absolute Gasteiger partial charge is 0.491 e. The molecule has 0 N–H and O–H groups in total. The maximum absolute atomic E-state index is 5.96. The summed E-state index contributed by atoms with van der Waals surface area (Å²) in [5.74, 6) is 0.889. The molecule has 1 aromatic rings. The van der Waals surface area contributed by atoms with Gasteiger partial charge in [0.2, 0.25) is 0 Å². The Morgan fingerprint density at radius 2 is 1.92 bits per heavy atom. The summed E-state index contributed by atoms with van der Waals surface area (Å²) in [5, 5.41) is 0.0377. The van der Waals surface area contributed by atoms with E-state index >= 15 is 0 Å². The van der Waals surface area contributed by atoms with Crippen molar-refractivity contribution in [2.45, 2.75) is 32.3 Å². The Hall–Kier alpha value is -0.690. The maximum atomic E-state index is 5.96.